The zero-order chi connectivity index (χ0) is 24.4. The molecule has 0 aliphatic carbocycles. The van der Waals surface area contributed by atoms with E-state index in [1.54, 1.807) is 0 Å². The molecule has 35 heavy (non-hydrogen) atoms. The molecule has 174 valence electrons. The molecule has 6 heteroatoms. The number of benzene rings is 3. The predicted octanol–water partition coefficient (Wildman–Crippen LogP) is 6.63. The summed E-state index contributed by atoms with van der Waals surface area (Å²) in [5, 5.41) is 9.67. The monoisotopic (exact) mass is 478 g/mol. The van der Waals surface area contributed by atoms with Gasteiger partial charge in [-0.1, -0.05) is 71.9 Å². The normalized spacial score (nSPS) is 11.1. The van der Waals surface area contributed by atoms with Crippen molar-refractivity contribution in [2.45, 2.75) is 25.9 Å². The van der Waals surface area contributed by atoms with Gasteiger partial charge in [-0.25, -0.2) is 0 Å². The van der Waals surface area contributed by atoms with Gasteiger partial charge < -0.3 is 4.57 Å². The number of nitrogens with zero attached hydrogens (tertiary/aromatic N) is 4. The van der Waals surface area contributed by atoms with E-state index in [4.69, 9.17) is 0 Å². The number of carbonyl (C=O) groups excluding carboxylic acids is 1. The van der Waals surface area contributed by atoms with Crippen LogP contribution in [0.15, 0.2) is 96.2 Å². The van der Waals surface area contributed by atoms with Crippen molar-refractivity contribution >= 4 is 17.5 Å². The van der Waals surface area contributed by atoms with Crippen molar-refractivity contribution in [2.75, 3.05) is 5.75 Å². The van der Waals surface area contributed by atoms with Crippen LogP contribution in [0.25, 0.3) is 22.8 Å². The van der Waals surface area contributed by atoms with Gasteiger partial charge in [-0.05, 0) is 57.2 Å². The summed E-state index contributed by atoms with van der Waals surface area (Å²) in [7, 11) is 0. The molecule has 0 amide bonds. The minimum Gasteiger partial charge on any atom is -0.318 e. The van der Waals surface area contributed by atoms with E-state index in [0.717, 1.165) is 45.3 Å². The number of hydrogen-bond acceptors (Lipinski definition) is 4. The molecule has 0 bridgehead atoms. The first-order valence-corrected chi connectivity index (χ1v) is 12.5. The van der Waals surface area contributed by atoms with E-state index in [1.807, 2.05) is 85.1 Å². The van der Waals surface area contributed by atoms with Crippen LogP contribution in [0, 0.1) is 20.8 Å². The summed E-state index contributed by atoms with van der Waals surface area (Å²) in [5.74, 6) is 1.11. The average Bonchev–Trinajstić information content (AvgIpc) is 3.44. The number of Topliss-reactive ketones (excluding diaryl/α,β-unsaturated/α-hetero) is 1. The Bertz CT molecular complexity index is 1490. The molecular weight excluding hydrogens is 452 g/mol. The summed E-state index contributed by atoms with van der Waals surface area (Å²) in [6.45, 7) is 6.09. The van der Waals surface area contributed by atoms with Gasteiger partial charge >= 0.3 is 0 Å². The summed E-state index contributed by atoms with van der Waals surface area (Å²) >= 11 is 1.41. The maximum Gasteiger partial charge on any atom is 0.196 e. The van der Waals surface area contributed by atoms with Crippen molar-refractivity contribution in [3.05, 3.63) is 114 Å². The first-order valence-electron chi connectivity index (χ1n) is 11.5. The van der Waals surface area contributed by atoms with E-state index >= 15 is 0 Å². The number of para-hydroxylation sites is 2. The highest BCUT2D eigenvalue weighted by molar-refractivity contribution is 7.99. The largest absolute Gasteiger partial charge is 0.318 e. The number of aromatic nitrogens is 4. The van der Waals surface area contributed by atoms with Gasteiger partial charge in [0.05, 0.1) is 5.75 Å². The Morgan fingerprint density at radius 2 is 1.43 bits per heavy atom. The van der Waals surface area contributed by atoms with Crippen LogP contribution in [0.1, 0.15) is 27.3 Å². The third-order valence-corrected chi connectivity index (χ3v) is 6.93. The van der Waals surface area contributed by atoms with Gasteiger partial charge in [0.15, 0.2) is 16.8 Å². The van der Waals surface area contributed by atoms with Crippen LogP contribution in [0.3, 0.4) is 0 Å². The molecule has 0 radical (unpaired) electrons. The molecule has 0 aliphatic rings. The topological polar surface area (TPSA) is 52.7 Å². The van der Waals surface area contributed by atoms with Crippen molar-refractivity contribution < 1.29 is 4.79 Å². The van der Waals surface area contributed by atoms with E-state index in [-0.39, 0.29) is 11.5 Å². The molecule has 3 aromatic carbocycles. The maximum absolute atomic E-state index is 13.3. The van der Waals surface area contributed by atoms with Gasteiger partial charge in [0.1, 0.15) is 0 Å². The second-order valence-corrected chi connectivity index (χ2v) is 9.46. The van der Waals surface area contributed by atoms with Crippen molar-refractivity contribution in [3.8, 4) is 22.8 Å². The lowest BCUT2D eigenvalue weighted by atomic mass is 10.1. The molecule has 5 nitrogen and oxygen atoms in total. The Hall–Kier alpha value is -3.90. The van der Waals surface area contributed by atoms with E-state index in [1.165, 1.54) is 11.8 Å². The number of carbonyl (C=O) groups is 1. The third kappa shape index (κ3) is 4.57. The first-order chi connectivity index (χ1) is 17.0. The molecule has 0 aliphatic heterocycles. The molecule has 0 saturated heterocycles. The molecule has 0 atom stereocenters. The summed E-state index contributed by atoms with van der Waals surface area (Å²) < 4.78 is 4.15. The second kappa shape index (κ2) is 9.76. The van der Waals surface area contributed by atoms with Gasteiger partial charge in [-0.3, -0.25) is 9.36 Å². The molecule has 5 aromatic rings. The smallest absolute Gasteiger partial charge is 0.196 e. The fraction of sp³-hybridized carbons (Fsp3) is 0.138. The average molecular weight is 479 g/mol. The number of rotatable bonds is 7. The molecule has 2 heterocycles. The lowest BCUT2D eigenvalue weighted by Crippen LogP contribution is -2.07. The highest BCUT2D eigenvalue weighted by atomic mass is 32.2. The second-order valence-electron chi connectivity index (χ2n) is 8.51. The van der Waals surface area contributed by atoms with E-state index in [2.05, 4.69) is 46.0 Å². The van der Waals surface area contributed by atoms with E-state index in [9.17, 15) is 4.79 Å². The Morgan fingerprint density at radius 3 is 2.09 bits per heavy atom. The molecule has 2 aromatic heterocycles. The van der Waals surface area contributed by atoms with Gasteiger partial charge in [0.2, 0.25) is 0 Å². The number of thioether (sulfide) groups is 1. The van der Waals surface area contributed by atoms with Gasteiger partial charge in [-0.15, -0.1) is 10.2 Å². The van der Waals surface area contributed by atoms with Crippen molar-refractivity contribution in [3.63, 3.8) is 0 Å². The number of ketones is 1. The Labute approximate surface area is 209 Å². The van der Waals surface area contributed by atoms with Crippen LogP contribution >= 0.6 is 11.8 Å². The standard InChI is InChI=1S/C29H26N4OS/c1-20-11-10-12-23(17-20)28-30-31-29(33(28)25-15-8-5-9-16-25)35-19-27(34)26-18-21(2)32(22(26)3)24-13-6-4-7-14-24/h4-18H,19H2,1-3H3. The maximum atomic E-state index is 13.3. The van der Waals surface area contributed by atoms with Gasteiger partial charge in [-0.2, -0.15) is 0 Å². The quantitative estimate of drug-likeness (QED) is 0.195. The molecular formula is C29H26N4OS. The minimum absolute atomic E-state index is 0.0741. The van der Waals surface area contributed by atoms with Crippen LogP contribution < -0.4 is 0 Å². The zero-order valence-corrected chi connectivity index (χ0v) is 20.8. The van der Waals surface area contributed by atoms with Crippen LogP contribution in [0.2, 0.25) is 0 Å². The highest BCUT2D eigenvalue weighted by Crippen LogP contribution is 2.29. The Kier molecular flexibility index (Phi) is 6.38. The Balaban J connectivity index is 1.45. The van der Waals surface area contributed by atoms with E-state index < -0.39 is 0 Å². The Morgan fingerprint density at radius 1 is 0.771 bits per heavy atom. The molecule has 0 unspecified atom stereocenters. The molecule has 5 rings (SSSR count). The summed E-state index contributed by atoms with van der Waals surface area (Å²) in [6, 6.07) is 30.3. The lowest BCUT2D eigenvalue weighted by molar-refractivity contribution is 0.102. The van der Waals surface area contributed by atoms with Crippen molar-refractivity contribution in [2.24, 2.45) is 0 Å². The molecule has 0 spiro atoms. The molecule has 0 fully saturated rings. The van der Waals surface area contributed by atoms with Crippen LogP contribution in [0.4, 0.5) is 0 Å². The predicted molar refractivity (Wildman–Crippen MR) is 142 cm³/mol. The summed E-state index contributed by atoms with van der Waals surface area (Å²) in [4.78, 5) is 13.3. The summed E-state index contributed by atoms with van der Waals surface area (Å²) in [6.07, 6.45) is 0. The summed E-state index contributed by atoms with van der Waals surface area (Å²) in [5.41, 5.74) is 6.89. The highest BCUT2D eigenvalue weighted by Gasteiger charge is 2.20. The van der Waals surface area contributed by atoms with E-state index in [0.29, 0.717) is 5.16 Å². The number of hydrogen-bond donors (Lipinski definition) is 0. The van der Waals surface area contributed by atoms with Crippen molar-refractivity contribution in [1.82, 2.24) is 19.3 Å². The molecule has 0 saturated carbocycles. The SMILES string of the molecule is Cc1cccc(-c2nnc(SCC(=O)c3cc(C)n(-c4ccccc4)c3C)n2-c2ccccc2)c1. The van der Waals surface area contributed by atoms with Gasteiger partial charge in [0, 0.05) is 33.9 Å². The zero-order valence-electron chi connectivity index (χ0n) is 20.0. The van der Waals surface area contributed by atoms with Crippen molar-refractivity contribution in [1.29, 1.82) is 0 Å². The van der Waals surface area contributed by atoms with Crippen LogP contribution in [0.5, 0.6) is 0 Å². The first kappa shape index (κ1) is 22.9. The molecule has 0 N–H and O–H groups in total. The fourth-order valence-corrected chi connectivity index (χ4v) is 5.21. The minimum atomic E-state index is 0.0741. The fourth-order valence-electron chi connectivity index (χ4n) is 4.37. The van der Waals surface area contributed by atoms with Gasteiger partial charge in [0.25, 0.3) is 0 Å². The van der Waals surface area contributed by atoms with Crippen LogP contribution in [-0.4, -0.2) is 30.9 Å². The van der Waals surface area contributed by atoms with Crippen LogP contribution in [-0.2, 0) is 0 Å². The third-order valence-electron chi connectivity index (χ3n) is 6.00. The number of aryl methyl sites for hydroxylation is 2. The lowest BCUT2D eigenvalue weighted by Gasteiger charge is -2.11.